The lowest BCUT2D eigenvalue weighted by molar-refractivity contribution is -0.277. The van der Waals surface area contributed by atoms with Crippen LogP contribution in [0.15, 0.2) is 121 Å². The van der Waals surface area contributed by atoms with Crippen molar-refractivity contribution in [3.8, 4) is 0 Å². The first-order valence-corrected chi connectivity index (χ1v) is 17.4. The number of hydrogen-bond acceptors (Lipinski definition) is 8. The van der Waals surface area contributed by atoms with Gasteiger partial charge in [0.2, 0.25) is 0 Å². The van der Waals surface area contributed by atoms with E-state index in [0.29, 0.717) is 52.5 Å². The lowest BCUT2D eigenvalue weighted by Gasteiger charge is -2.47. The maximum Gasteiger partial charge on any atom is 0.183 e. The van der Waals surface area contributed by atoms with Gasteiger partial charge < -0.3 is 38.3 Å². The van der Waals surface area contributed by atoms with Crippen molar-refractivity contribution >= 4 is 0 Å². The van der Waals surface area contributed by atoms with E-state index in [1.54, 1.807) is 0 Å². The van der Waals surface area contributed by atoms with Crippen molar-refractivity contribution in [3.05, 3.63) is 144 Å². The Morgan fingerprint density at radius 3 is 1.55 bits per heavy atom. The van der Waals surface area contributed by atoms with Crippen molar-refractivity contribution in [2.45, 2.75) is 88.3 Å². The van der Waals surface area contributed by atoms with Gasteiger partial charge in [0.25, 0.3) is 0 Å². The van der Waals surface area contributed by atoms with Gasteiger partial charge in [-0.1, -0.05) is 121 Å². The maximum atomic E-state index is 10.8. The first kappa shape index (κ1) is 34.0. The molecule has 3 aliphatic heterocycles. The number of aliphatic hydroxyl groups excluding tert-OH is 1. The third-order valence-corrected chi connectivity index (χ3v) is 9.63. The van der Waals surface area contributed by atoms with E-state index in [2.05, 4.69) is 48.5 Å². The van der Waals surface area contributed by atoms with Gasteiger partial charge in [0.1, 0.15) is 30.5 Å². The van der Waals surface area contributed by atoms with E-state index in [1.807, 2.05) is 72.8 Å². The molecule has 0 amide bonds. The number of benzene rings is 4. The van der Waals surface area contributed by atoms with Crippen LogP contribution < -0.4 is 0 Å². The molecule has 3 aliphatic rings. The quantitative estimate of drug-likeness (QED) is 0.160. The van der Waals surface area contributed by atoms with Crippen LogP contribution in [-0.2, 0) is 59.6 Å². The second kappa shape index (κ2) is 17.0. The van der Waals surface area contributed by atoms with Crippen LogP contribution in [0.3, 0.4) is 0 Å². The molecular weight excluding hydrogens is 620 g/mol. The Morgan fingerprint density at radius 2 is 1.02 bits per heavy atom. The van der Waals surface area contributed by atoms with E-state index in [-0.39, 0.29) is 18.1 Å². The summed E-state index contributed by atoms with van der Waals surface area (Å²) in [4.78, 5) is 0. The number of fused-ring (bicyclic) bond motifs is 2. The highest BCUT2D eigenvalue weighted by Crippen LogP contribution is 2.39. The third-order valence-electron chi connectivity index (χ3n) is 9.63. The van der Waals surface area contributed by atoms with E-state index >= 15 is 0 Å². The third kappa shape index (κ3) is 9.03. The summed E-state index contributed by atoms with van der Waals surface area (Å²) in [5, 5.41) is 10.8. The summed E-state index contributed by atoms with van der Waals surface area (Å²) >= 11 is 0. The zero-order valence-electron chi connectivity index (χ0n) is 27.7. The van der Waals surface area contributed by atoms with Gasteiger partial charge in [0.15, 0.2) is 6.29 Å². The van der Waals surface area contributed by atoms with Crippen molar-refractivity contribution in [2.24, 2.45) is 5.92 Å². The molecule has 0 saturated carbocycles. The lowest BCUT2D eigenvalue weighted by atomic mass is 9.83. The normalized spacial score (nSPS) is 29.5. The van der Waals surface area contributed by atoms with E-state index < -0.39 is 36.8 Å². The molecule has 0 radical (unpaired) electrons. The molecule has 258 valence electrons. The van der Waals surface area contributed by atoms with Crippen LogP contribution >= 0.6 is 0 Å². The Morgan fingerprint density at radius 1 is 0.551 bits per heavy atom. The van der Waals surface area contributed by atoms with E-state index in [1.165, 1.54) is 0 Å². The van der Waals surface area contributed by atoms with Crippen LogP contribution in [0.2, 0.25) is 0 Å². The molecule has 0 aliphatic carbocycles. The van der Waals surface area contributed by atoms with Crippen LogP contribution in [0.25, 0.3) is 0 Å². The highest BCUT2D eigenvalue weighted by Gasteiger charge is 2.51. The molecule has 0 unspecified atom stereocenters. The van der Waals surface area contributed by atoms with Gasteiger partial charge in [-0.05, 0) is 41.0 Å². The minimum absolute atomic E-state index is 0.0176. The van der Waals surface area contributed by atoms with Crippen molar-refractivity contribution in [2.75, 3.05) is 13.2 Å². The van der Waals surface area contributed by atoms with Crippen LogP contribution in [-0.4, -0.2) is 67.3 Å². The molecule has 49 heavy (non-hydrogen) atoms. The van der Waals surface area contributed by atoms with E-state index in [0.717, 1.165) is 22.3 Å². The Balaban J connectivity index is 1.19. The monoisotopic (exact) mass is 666 g/mol. The van der Waals surface area contributed by atoms with Gasteiger partial charge in [-0.15, -0.1) is 0 Å². The van der Waals surface area contributed by atoms with Crippen LogP contribution in [0.1, 0.15) is 35.1 Å². The number of hydrogen-bond donors (Lipinski definition) is 1. The number of rotatable bonds is 15. The van der Waals surface area contributed by atoms with Gasteiger partial charge in [0.05, 0.1) is 51.8 Å². The first-order chi connectivity index (χ1) is 24.2. The fraction of sp³-hybridized carbons (Fsp3) is 0.415. The Hall–Kier alpha value is -3.44. The van der Waals surface area contributed by atoms with E-state index in [9.17, 15) is 5.11 Å². The minimum Gasteiger partial charge on any atom is -0.388 e. The standard InChI is InChI=1S/C41H46O8/c42-34-21-33(36-28-47-41(34)49-36)22-35-38(44-24-30-15-7-2-8-16-30)40(46-26-32-19-11-4-12-20-32)39(45-25-31-17-9-3-10-18-31)37(48-35)27-43-23-29-13-5-1-6-14-29/h1-20,33-42H,21-28H2/t33-,34-,35+,36-,37-,38+,39-,40-,41+/m1/s1. The highest BCUT2D eigenvalue weighted by atomic mass is 16.7. The molecule has 4 aromatic carbocycles. The van der Waals surface area contributed by atoms with Crippen LogP contribution in [0.4, 0.5) is 0 Å². The summed E-state index contributed by atoms with van der Waals surface area (Å²) in [6.45, 7) is 2.36. The SMILES string of the molecule is O[C@@H]1C[C@H](C[C@@H]2O[C@H](COCc3ccccc3)[C@@H](OCc3ccccc3)[C@H](OCc3ccccc3)[C@H]2OCc2ccccc2)[C@H]2CO[C@H]1O2. The zero-order chi connectivity index (χ0) is 33.3. The smallest absolute Gasteiger partial charge is 0.183 e. The number of ether oxygens (including phenoxy) is 7. The van der Waals surface area contributed by atoms with E-state index in [4.69, 9.17) is 33.2 Å². The summed E-state index contributed by atoms with van der Waals surface area (Å²) in [6, 6.07) is 40.6. The van der Waals surface area contributed by atoms with Crippen molar-refractivity contribution in [3.63, 3.8) is 0 Å². The summed E-state index contributed by atoms with van der Waals surface area (Å²) < 4.78 is 45.6. The van der Waals surface area contributed by atoms with Crippen LogP contribution in [0, 0.1) is 5.92 Å². The van der Waals surface area contributed by atoms with Gasteiger partial charge in [-0.25, -0.2) is 0 Å². The summed E-state index contributed by atoms with van der Waals surface area (Å²) in [5.41, 5.74) is 4.26. The average molecular weight is 667 g/mol. The van der Waals surface area contributed by atoms with Crippen LogP contribution in [0.5, 0.6) is 0 Å². The minimum atomic E-state index is -0.687. The molecule has 3 fully saturated rings. The Bertz CT molecular complexity index is 1520. The molecule has 0 aromatic heterocycles. The molecule has 8 nitrogen and oxygen atoms in total. The zero-order valence-corrected chi connectivity index (χ0v) is 27.7. The predicted molar refractivity (Wildman–Crippen MR) is 183 cm³/mol. The van der Waals surface area contributed by atoms with Gasteiger partial charge in [-0.2, -0.15) is 0 Å². The molecule has 3 saturated heterocycles. The van der Waals surface area contributed by atoms with Crippen molar-refractivity contribution < 1.29 is 38.3 Å². The fourth-order valence-corrected chi connectivity index (χ4v) is 7.08. The van der Waals surface area contributed by atoms with Gasteiger partial charge in [-0.3, -0.25) is 0 Å². The summed E-state index contributed by atoms with van der Waals surface area (Å²) in [6.07, 6.45) is -2.49. The van der Waals surface area contributed by atoms with Crippen molar-refractivity contribution in [1.82, 2.24) is 0 Å². The summed E-state index contributed by atoms with van der Waals surface area (Å²) in [5.74, 6) is 0.0176. The molecular formula is C41H46O8. The van der Waals surface area contributed by atoms with Gasteiger partial charge >= 0.3 is 0 Å². The molecule has 4 aromatic rings. The van der Waals surface area contributed by atoms with Gasteiger partial charge in [0, 0.05) is 0 Å². The molecule has 7 rings (SSSR count). The number of aliphatic hydroxyl groups is 1. The molecule has 2 bridgehead atoms. The largest absolute Gasteiger partial charge is 0.388 e. The second-order valence-electron chi connectivity index (χ2n) is 13.2. The average Bonchev–Trinajstić information content (AvgIpc) is 3.60. The Kier molecular flexibility index (Phi) is 11.8. The van der Waals surface area contributed by atoms with Crippen molar-refractivity contribution in [1.29, 1.82) is 0 Å². The predicted octanol–water partition coefficient (Wildman–Crippen LogP) is 6.24. The Labute approximate surface area is 288 Å². The topological polar surface area (TPSA) is 84.8 Å². The molecule has 8 heteroatoms. The summed E-state index contributed by atoms with van der Waals surface area (Å²) in [7, 11) is 0. The molecule has 9 atom stereocenters. The maximum absolute atomic E-state index is 10.8. The first-order valence-electron chi connectivity index (χ1n) is 17.4. The molecule has 1 N–H and O–H groups in total. The lowest BCUT2D eigenvalue weighted by Crippen LogP contribution is -2.61. The second-order valence-corrected chi connectivity index (χ2v) is 13.2. The molecule has 3 heterocycles. The highest BCUT2D eigenvalue weighted by molar-refractivity contribution is 5.16. The molecule has 0 spiro atoms. The fourth-order valence-electron chi connectivity index (χ4n) is 7.08.